The molecule has 0 bridgehead atoms. The predicted octanol–water partition coefficient (Wildman–Crippen LogP) is 4.57. The molecule has 1 amide bonds. The highest BCUT2D eigenvalue weighted by Crippen LogP contribution is 2.25. The van der Waals surface area contributed by atoms with Gasteiger partial charge < -0.3 is 10.1 Å². The fraction of sp³-hybridized carbons (Fsp3) is 0.150. The van der Waals surface area contributed by atoms with E-state index in [1.54, 1.807) is 24.3 Å². The van der Waals surface area contributed by atoms with Crippen molar-refractivity contribution in [2.24, 2.45) is 0 Å². The number of nitrogens with zero attached hydrogens (tertiary/aromatic N) is 3. The van der Waals surface area contributed by atoms with Crippen LogP contribution in [0.2, 0.25) is 5.02 Å². The third-order valence-electron chi connectivity index (χ3n) is 4.03. The summed E-state index contributed by atoms with van der Waals surface area (Å²) in [6.07, 6.45) is 2.14. The van der Waals surface area contributed by atoms with Crippen LogP contribution in [0.4, 0.5) is 11.5 Å². The number of benzene rings is 2. The summed E-state index contributed by atoms with van der Waals surface area (Å²) in [4.78, 5) is 30.6. The Hall–Kier alpha value is -3.52. The highest BCUT2D eigenvalue weighted by Gasteiger charge is 2.12. The molecule has 1 heterocycles. The van der Waals surface area contributed by atoms with Crippen LogP contribution in [-0.4, -0.2) is 20.8 Å². The standard InChI is InChI=1S/C20H17ClN4O4/c1-2-17-19(21)20(23-12-22-17)24-18(26)11-13-3-7-15(8-4-13)29-16-9-5-14(6-10-16)25(27)28/h3-10,12H,2,11H2,1H3,(H,22,23,24,26). The Morgan fingerprint density at radius 3 is 2.31 bits per heavy atom. The van der Waals surface area contributed by atoms with E-state index >= 15 is 0 Å². The third-order valence-corrected chi connectivity index (χ3v) is 4.42. The molecule has 148 valence electrons. The lowest BCUT2D eigenvalue weighted by Crippen LogP contribution is -2.16. The molecule has 9 heteroatoms. The van der Waals surface area contributed by atoms with E-state index in [1.807, 2.05) is 6.92 Å². The van der Waals surface area contributed by atoms with Gasteiger partial charge in [-0.25, -0.2) is 9.97 Å². The van der Waals surface area contributed by atoms with Crippen LogP contribution in [0.1, 0.15) is 18.2 Å². The maximum absolute atomic E-state index is 12.3. The molecule has 1 aromatic heterocycles. The van der Waals surface area contributed by atoms with Crippen molar-refractivity contribution in [1.82, 2.24) is 9.97 Å². The topological polar surface area (TPSA) is 107 Å². The first kappa shape index (κ1) is 20.2. The Kier molecular flexibility index (Phi) is 6.36. The van der Waals surface area contributed by atoms with Gasteiger partial charge in [-0.15, -0.1) is 0 Å². The number of non-ortho nitro benzene ring substituents is 1. The molecular weight excluding hydrogens is 396 g/mol. The van der Waals surface area contributed by atoms with Crippen LogP contribution in [0, 0.1) is 10.1 Å². The molecule has 0 aliphatic heterocycles. The number of aromatic nitrogens is 2. The van der Waals surface area contributed by atoms with Gasteiger partial charge in [0, 0.05) is 12.1 Å². The lowest BCUT2D eigenvalue weighted by atomic mass is 10.1. The van der Waals surface area contributed by atoms with E-state index in [2.05, 4.69) is 15.3 Å². The summed E-state index contributed by atoms with van der Waals surface area (Å²) >= 11 is 6.19. The van der Waals surface area contributed by atoms with Gasteiger partial charge in [-0.1, -0.05) is 30.7 Å². The van der Waals surface area contributed by atoms with E-state index in [0.717, 1.165) is 5.56 Å². The maximum Gasteiger partial charge on any atom is 0.269 e. The maximum atomic E-state index is 12.3. The van der Waals surface area contributed by atoms with Crippen LogP contribution in [0.15, 0.2) is 54.9 Å². The molecule has 1 N–H and O–H groups in total. The summed E-state index contributed by atoms with van der Waals surface area (Å²) in [5.74, 6) is 1.07. The smallest absolute Gasteiger partial charge is 0.269 e. The first-order chi connectivity index (χ1) is 14.0. The van der Waals surface area contributed by atoms with Crippen LogP contribution in [0.5, 0.6) is 11.5 Å². The van der Waals surface area contributed by atoms with Gasteiger partial charge in [0.15, 0.2) is 5.82 Å². The summed E-state index contributed by atoms with van der Waals surface area (Å²) in [6.45, 7) is 1.92. The minimum Gasteiger partial charge on any atom is -0.457 e. The molecule has 0 saturated carbocycles. The number of rotatable bonds is 7. The largest absolute Gasteiger partial charge is 0.457 e. The summed E-state index contributed by atoms with van der Waals surface area (Å²) in [7, 11) is 0. The lowest BCUT2D eigenvalue weighted by molar-refractivity contribution is -0.384. The van der Waals surface area contributed by atoms with Crippen molar-refractivity contribution >= 4 is 29.0 Å². The van der Waals surface area contributed by atoms with Crippen molar-refractivity contribution < 1.29 is 14.5 Å². The number of halogens is 1. The Labute approximate surface area is 171 Å². The number of nitro benzene ring substituents is 1. The van der Waals surface area contributed by atoms with Crippen LogP contribution < -0.4 is 10.1 Å². The normalized spacial score (nSPS) is 10.4. The number of nitro groups is 1. The van der Waals surface area contributed by atoms with Crippen molar-refractivity contribution in [3.8, 4) is 11.5 Å². The highest BCUT2D eigenvalue weighted by molar-refractivity contribution is 6.34. The van der Waals surface area contributed by atoms with E-state index in [-0.39, 0.29) is 18.0 Å². The van der Waals surface area contributed by atoms with Crippen molar-refractivity contribution in [3.05, 3.63) is 81.3 Å². The molecule has 8 nitrogen and oxygen atoms in total. The zero-order valence-electron chi connectivity index (χ0n) is 15.5. The average Bonchev–Trinajstić information content (AvgIpc) is 2.71. The first-order valence-electron chi connectivity index (χ1n) is 8.76. The minimum absolute atomic E-state index is 0.00596. The minimum atomic E-state index is -0.471. The van der Waals surface area contributed by atoms with Gasteiger partial charge in [-0.3, -0.25) is 14.9 Å². The van der Waals surface area contributed by atoms with Crippen LogP contribution in [0.3, 0.4) is 0 Å². The van der Waals surface area contributed by atoms with Crippen molar-refractivity contribution in [2.75, 3.05) is 5.32 Å². The van der Waals surface area contributed by atoms with Gasteiger partial charge in [0.25, 0.3) is 5.69 Å². The van der Waals surface area contributed by atoms with E-state index < -0.39 is 4.92 Å². The van der Waals surface area contributed by atoms with Gasteiger partial charge in [0.2, 0.25) is 5.91 Å². The SMILES string of the molecule is CCc1ncnc(NC(=O)Cc2ccc(Oc3ccc([N+](=O)[O-])cc3)cc2)c1Cl. The Morgan fingerprint density at radius 2 is 1.72 bits per heavy atom. The van der Waals surface area contributed by atoms with E-state index in [1.165, 1.54) is 30.6 Å². The van der Waals surface area contributed by atoms with E-state index in [4.69, 9.17) is 16.3 Å². The molecule has 0 fully saturated rings. The molecule has 0 aliphatic rings. The zero-order chi connectivity index (χ0) is 20.8. The fourth-order valence-corrected chi connectivity index (χ4v) is 2.83. The molecule has 2 aromatic carbocycles. The summed E-state index contributed by atoms with van der Waals surface area (Å²) in [5, 5.41) is 13.7. The molecule has 0 unspecified atom stereocenters. The molecule has 29 heavy (non-hydrogen) atoms. The molecular formula is C20H17ClN4O4. The van der Waals surface area contributed by atoms with Crippen molar-refractivity contribution in [2.45, 2.75) is 19.8 Å². The van der Waals surface area contributed by atoms with Crippen LogP contribution in [-0.2, 0) is 17.6 Å². The number of amides is 1. The number of ether oxygens (including phenoxy) is 1. The number of anilines is 1. The number of hydrogen-bond acceptors (Lipinski definition) is 6. The zero-order valence-corrected chi connectivity index (χ0v) is 16.2. The Morgan fingerprint density at radius 1 is 1.10 bits per heavy atom. The molecule has 0 aliphatic carbocycles. The molecule has 0 saturated heterocycles. The van der Waals surface area contributed by atoms with Crippen LogP contribution in [0.25, 0.3) is 0 Å². The monoisotopic (exact) mass is 412 g/mol. The fourth-order valence-electron chi connectivity index (χ4n) is 2.55. The van der Waals surface area contributed by atoms with Gasteiger partial charge in [0.05, 0.1) is 17.0 Å². The van der Waals surface area contributed by atoms with E-state index in [0.29, 0.717) is 34.5 Å². The molecule has 3 aromatic rings. The molecule has 0 spiro atoms. The second-order valence-electron chi connectivity index (χ2n) is 6.06. The van der Waals surface area contributed by atoms with E-state index in [9.17, 15) is 14.9 Å². The summed E-state index contributed by atoms with van der Waals surface area (Å²) in [5.41, 5.74) is 1.44. The van der Waals surface area contributed by atoms with Crippen molar-refractivity contribution in [1.29, 1.82) is 0 Å². The first-order valence-corrected chi connectivity index (χ1v) is 9.14. The summed E-state index contributed by atoms with van der Waals surface area (Å²) < 4.78 is 5.65. The van der Waals surface area contributed by atoms with Crippen LogP contribution >= 0.6 is 11.6 Å². The summed E-state index contributed by atoms with van der Waals surface area (Å²) in [6, 6.07) is 12.8. The second-order valence-corrected chi connectivity index (χ2v) is 6.44. The number of aryl methyl sites for hydroxylation is 1. The number of carbonyl (C=O) groups is 1. The second kappa shape index (κ2) is 9.11. The Bertz CT molecular complexity index is 1020. The Balaban J connectivity index is 1.60. The van der Waals surface area contributed by atoms with Gasteiger partial charge in [0.1, 0.15) is 22.8 Å². The molecule has 0 atom stereocenters. The number of hydrogen-bond donors (Lipinski definition) is 1. The third kappa shape index (κ3) is 5.26. The average molecular weight is 413 g/mol. The lowest BCUT2D eigenvalue weighted by Gasteiger charge is -2.09. The number of carbonyl (C=O) groups excluding carboxylic acids is 1. The predicted molar refractivity (Wildman–Crippen MR) is 108 cm³/mol. The highest BCUT2D eigenvalue weighted by atomic mass is 35.5. The quantitative estimate of drug-likeness (QED) is 0.449. The van der Waals surface area contributed by atoms with Gasteiger partial charge in [-0.05, 0) is 36.2 Å². The number of nitrogens with one attached hydrogen (secondary N) is 1. The van der Waals surface area contributed by atoms with Gasteiger partial charge in [-0.2, -0.15) is 0 Å². The molecule has 0 radical (unpaired) electrons. The van der Waals surface area contributed by atoms with Crippen molar-refractivity contribution in [3.63, 3.8) is 0 Å². The van der Waals surface area contributed by atoms with Gasteiger partial charge >= 0.3 is 0 Å². The molecule has 3 rings (SSSR count).